The van der Waals surface area contributed by atoms with Gasteiger partial charge in [0.2, 0.25) is 0 Å². The van der Waals surface area contributed by atoms with Gasteiger partial charge in [-0.3, -0.25) is 0 Å². The molecule has 2 aliphatic rings. The van der Waals surface area contributed by atoms with E-state index in [1.54, 1.807) is 0 Å². The summed E-state index contributed by atoms with van der Waals surface area (Å²) in [6.45, 7) is 7.70. The van der Waals surface area contributed by atoms with E-state index in [1.165, 1.54) is 50.0 Å². The van der Waals surface area contributed by atoms with E-state index in [9.17, 15) is 0 Å². The van der Waals surface area contributed by atoms with Gasteiger partial charge in [0.05, 0.1) is 10.7 Å². The predicted molar refractivity (Wildman–Crippen MR) is 91.2 cm³/mol. The molecule has 0 aromatic heterocycles. The molecule has 2 fully saturated rings. The van der Waals surface area contributed by atoms with Crippen LogP contribution in [-0.2, 0) is 0 Å². The SMILES string of the molecule is CCNC(C)c1ccc(N(CC2CC2)CC2CC2)c(Cl)c1. The highest BCUT2D eigenvalue weighted by Crippen LogP contribution is 2.38. The molecule has 116 valence electrons. The van der Waals surface area contributed by atoms with E-state index in [0.717, 1.165) is 23.4 Å². The maximum Gasteiger partial charge on any atom is 0.0642 e. The van der Waals surface area contributed by atoms with Crippen molar-refractivity contribution in [2.75, 3.05) is 24.5 Å². The first-order valence-electron chi connectivity index (χ1n) is 8.45. The van der Waals surface area contributed by atoms with Crippen LogP contribution in [0.1, 0.15) is 51.1 Å². The van der Waals surface area contributed by atoms with Gasteiger partial charge in [-0.25, -0.2) is 0 Å². The first kappa shape index (κ1) is 15.2. The molecule has 0 aliphatic heterocycles. The van der Waals surface area contributed by atoms with E-state index in [4.69, 9.17) is 11.6 Å². The van der Waals surface area contributed by atoms with E-state index in [-0.39, 0.29) is 0 Å². The smallest absolute Gasteiger partial charge is 0.0642 e. The quantitative estimate of drug-likeness (QED) is 0.753. The molecule has 21 heavy (non-hydrogen) atoms. The van der Waals surface area contributed by atoms with Crippen LogP contribution in [0, 0.1) is 11.8 Å². The Morgan fingerprint density at radius 2 is 1.81 bits per heavy atom. The Labute approximate surface area is 133 Å². The van der Waals surface area contributed by atoms with Crippen molar-refractivity contribution in [2.24, 2.45) is 11.8 Å². The molecule has 1 N–H and O–H groups in total. The Morgan fingerprint density at radius 3 is 2.29 bits per heavy atom. The van der Waals surface area contributed by atoms with E-state index in [1.807, 2.05) is 0 Å². The molecule has 2 aliphatic carbocycles. The number of nitrogens with one attached hydrogen (secondary N) is 1. The predicted octanol–water partition coefficient (Wildman–Crippen LogP) is 4.64. The summed E-state index contributed by atoms with van der Waals surface area (Å²) in [6.07, 6.45) is 5.59. The van der Waals surface area contributed by atoms with E-state index < -0.39 is 0 Å². The molecule has 0 saturated heterocycles. The fourth-order valence-corrected chi connectivity index (χ4v) is 3.28. The molecule has 0 heterocycles. The molecule has 1 aromatic carbocycles. The number of hydrogen-bond acceptors (Lipinski definition) is 2. The molecule has 1 unspecified atom stereocenters. The third-order valence-corrected chi connectivity index (χ3v) is 4.98. The molecular formula is C18H27ClN2. The van der Waals surface area contributed by atoms with Crippen molar-refractivity contribution in [1.29, 1.82) is 0 Å². The van der Waals surface area contributed by atoms with Crippen LogP contribution >= 0.6 is 11.6 Å². The number of rotatable bonds is 8. The second-order valence-corrected chi connectivity index (χ2v) is 7.19. The van der Waals surface area contributed by atoms with Crippen LogP contribution in [0.5, 0.6) is 0 Å². The minimum Gasteiger partial charge on any atom is -0.370 e. The average molecular weight is 307 g/mol. The minimum atomic E-state index is 0.363. The van der Waals surface area contributed by atoms with Crippen LogP contribution in [0.2, 0.25) is 5.02 Å². The van der Waals surface area contributed by atoms with Crippen molar-refractivity contribution in [3.8, 4) is 0 Å². The molecule has 2 nitrogen and oxygen atoms in total. The van der Waals surface area contributed by atoms with Crippen molar-refractivity contribution >= 4 is 17.3 Å². The van der Waals surface area contributed by atoms with Crippen molar-refractivity contribution in [1.82, 2.24) is 5.32 Å². The number of hydrogen-bond donors (Lipinski definition) is 1. The lowest BCUT2D eigenvalue weighted by Gasteiger charge is -2.27. The molecule has 0 spiro atoms. The van der Waals surface area contributed by atoms with E-state index in [2.05, 4.69) is 42.3 Å². The van der Waals surface area contributed by atoms with Crippen LogP contribution in [-0.4, -0.2) is 19.6 Å². The Balaban J connectivity index is 1.74. The monoisotopic (exact) mass is 306 g/mol. The van der Waals surface area contributed by atoms with Gasteiger partial charge < -0.3 is 10.2 Å². The van der Waals surface area contributed by atoms with E-state index >= 15 is 0 Å². The lowest BCUT2D eigenvalue weighted by Crippen LogP contribution is -2.28. The van der Waals surface area contributed by atoms with Crippen LogP contribution in [0.3, 0.4) is 0 Å². The van der Waals surface area contributed by atoms with E-state index in [0.29, 0.717) is 6.04 Å². The zero-order chi connectivity index (χ0) is 14.8. The highest BCUT2D eigenvalue weighted by molar-refractivity contribution is 6.33. The van der Waals surface area contributed by atoms with Gasteiger partial charge in [-0.15, -0.1) is 0 Å². The van der Waals surface area contributed by atoms with Crippen molar-refractivity contribution < 1.29 is 0 Å². The van der Waals surface area contributed by atoms with Crippen molar-refractivity contribution in [2.45, 2.75) is 45.6 Å². The highest BCUT2D eigenvalue weighted by atomic mass is 35.5. The van der Waals surface area contributed by atoms with Crippen LogP contribution in [0.25, 0.3) is 0 Å². The topological polar surface area (TPSA) is 15.3 Å². The summed E-state index contributed by atoms with van der Waals surface area (Å²) in [5.41, 5.74) is 2.52. The van der Waals surface area contributed by atoms with Gasteiger partial charge in [0.15, 0.2) is 0 Å². The molecule has 0 bridgehead atoms. The average Bonchev–Trinajstić information content (AvgIpc) is 3.34. The molecule has 1 aromatic rings. The Morgan fingerprint density at radius 1 is 1.19 bits per heavy atom. The standard InChI is InChI=1S/C18H27ClN2/c1-3-20-13(2)16-8-9-18(17(19)10-16)21(11-14-4-5-14)12-15-6-7-15/h8-10,13-15,20H,3-7,11-12H2,1-2H3. The highest BCUT2D eigenvalue weighted by Gasteiger charge is 2.30. The molecule has 2 saturated carbocycles. The largest absolute Gasteiger partial charge is 0.370 e. The third kappa shape index (κ3) is 4.14. The molecule has 0 amide bonds. The first-order valence-corrected chi connectivity index (χ1v) is 8.83. The summed E-state index contributed by atoms with van der Waals surface area (Å²) in [7, 11) is 0. The number of benzene rings is 1. The number of anilines is 1. The van der Waals surface area contributed by atoms with Gasteiger partial charge in [-0.05, 0) is 68.7 Å². The zero-order valence-corrected chi connectivity index (χ0v) is 14.0. The summed E-state index contributed by atoms with van der Waals surface area (Å²) in [5, 5.41) is 4.37. The summed E-state index contributed by atoms with van der Waals surface area (Å²) in [5.74, 6) is 1.81. The van der Waals surface area contributed by atoms with Gasteiger partial charge in [0, 0.05) is 19.1 Å². The van der Waals surface area contributed by atoms with Gasteiger partial charge >= 0.3 is 0 Å². The molecule has 1 atom stereocenters. The Hall–Kier alpha value is -0.730. The zero-order valence-electron chi connectivity index (χ0n) is 13.2. The van der Waals surface area contributed by atoms with Crippen LogP contribution < -0.4 is 10.2 Å². The fourth-order valence-electron chi connectivity index (χ4n) is 2.97. The van der Waals surface area contributed by atoms with Crippen molar-refractivity contribution in [3.05, 3.63) is 28.8 Å². The van der Waals surface area contributed by atoms with Gasteiger partial charge in [-0.2, -0.15) is 0 Å². The fraction of sp³-hybridized carbons (Fsp3) is 0.667. The maximum absolute atomic E-state index is 6.61. The second kappa shape index (κ2) is 6.58. The minimum absolute atomic E-state index is 0.363. The second-order valence-electron chi connectivity index (χ2n) is 6.78. The maximum atomic E-state index is 6.61. The third-order valence-electron chi connectivity index (χ3n) is 4.67. The Bertz CT molecular complexity index is 466. The molecular weight excluding hydrogens is 280 g/mol. The molecule has 3 rings (SSSR count). The van der Waals surface area contributed by atoms with Gasteiger partial charge in [-0.1, -0.05) is 24.6 Å². The summed E-state index contributed by atoms with van der Waals surface area (Å²) in [4.78, 5) is 2.54. The summed E-state index contributed by atoms with van der Waals surface area (Å²) < 4.78 is 0. The molecule has 0 radical (unpaired) electrons. The van der Waals surface area contributed by atoms with Gasteiger partial charge in [0.1, 0.15) is 0 Å². The van der Waals surface area contributed by atoms with Crippen LogP contribution in [0.15, 0.2) is 18.2 Å². The lowest BCUT2D eigenvalue weighted by atomic mass is 10.1. The summed E-state index contributed by atoms with van der Waals surface area (Å²) in [6, 6.07) is 6.98. The lowest BCUT2D eigenvalue weighted by molar-refractivity contribution is 0.598. The molecule has 3 heteroatoms. The number of nitrogens with zero attached hydrogens (tertiary/aromatic N) is 1. The van der Waals surface area contributed by atoms with Gasteiger partial charge in [0.25, 0.3) is 0 Å². The summed E-state index contributed by atoms with van der Waals surface area (Å²) >= 11 is 6.61. The first-order chi connectivity index (χ1) is 10.2. The normalized spacial score (nSPS) is 19.6. The van der Waals surface area contributed by atoms with Crippen molar-refractivity contribution in [3.63, 3.8) is 0 Å². The Kier molecular flexibility index (Phi) is 4.75. The number of halogens is 1. The van der Waals surface area contributed by atoms with Crippen LogP contribution in [0.4, 0.5) is 5.69 Å².